The molecule has 0 aliphatic carbocycles. The maximum atomic E-state index is 6.33. The van der Waals surface area contributed by atoms with Crippen molar-refractivity contribution in [1.82, 2.24) is 0 Å². The summed E-state index contributed by atoms with van der Waals surface area (Å²) in [6, 6.07) is 16.1. The lowest BCUT2D eigenvalue weighted by atomic mass is 9.98. The zero-order chi connectivity index (χ0) is 13.9. The Kier molecular flexibility index (Phi) is 3.61. The van der Waals surface area contributed by atoms with Gasteiger partial charge >= 0.3 is 0 Å². The van der Waals surface area contributed by atoms with E-state index in [1.165, 1.54) is 5.56 Å². The normalized spacial score (nSPS) is 18.2. The van der Waals surface area contributed by atoms with Crippen molar-refractivity contribution in [3.8, 4) is 11.5 Å². The summed E-state index contributed by atoms with van der Waals surface area (Å²) in [5.74, 6) is 1.85. The molecule has 20 heavy (non-hydrogen) atoms. The number of ether oxygens (including phenoxy) is 2. The second kappa shape index (κ2) is 5.55. The van der Waals surface area contributed by atoms with E-state index in [2.05, 4.69) is 12.1 Å². The zero-order valence-electron chi connectivity index (χ0n) is 11.6. The predicted octanol–water partition coefficient (Wildman–Crippen LogP) is 2.57. The lowest BCUT2D eigenvalue weighted by molar-refractivity contribution is 0.197. The smallest absolute Gasteiger partial charge is 0.123 e. The Labute approximate surface area is 119 Å². The minimum Gasteiger partial charge on any atom is -0.496 e. The first-order valence-electron chi connectivity index (χ1n) is 6.90. The molecule has 0 spiro atoms. The minimum atomic E-state index is -0.0429. The molecule has 1 aliphatic heterocycles. The summed E-state index contributed by atoms with van der Waals surface area (Å²) in [6.07, 6.45) is 1.67. The number of para-hydroxylation sites is 2. The number of methoxy groups -OCH3 is 1. The molecule has 0 bridgehead atoms. The first-order chi connectivity index (χ1) is 9.78. The summed E-state index contributed by atoms with van der Waals surface area (Å²) in [7, 11) is 1.69. The van der Waals surface area contributed by atoms with E-state index in [-0.39, 0.29) is 12.1 Å². The molecule has 3 heteroatoms. The second-order valence-corrected chi connectivity index (χ2v) is 5.15. The molecule has 0 saturated carbocycles. The van der Waals surface area contributed by atoms with E-state index < -0.39 is 0 Å². The van der Waals surface area contributed by atoms with Crippen LogP contribution < -0.4 is 15.2 Å². The van der Waals surface area contributed by atoms with Crippen LogP contribution in [0.5, 0.6) is 11.5 Å². The largest absolute Gasteiger partial charge is 0.496 e. The maximum Gasteiger partial charge on any atom is 0.123 e. The van der Waals surface area contributed by atoms with E-state index in [1.54, 1.807) is 7.11 Å². The Hall–Kier alpha value is -2.00. The van der Waals surface area contributed by atoms with Gasteiger partial charge in [-0.25, -0.2) is 0 Å². The highest BCUT2D eigenvalue weighted by atomic mass is 16.5. The third-order valence-electron chi connectivity index (χ3n) is 3.80. The van der Waals surface area contributed by atoms with Crippen molar-refractivity contribution in [2.75, 3.05) is 7.11 Å². The Morgan fingerprint density at radius 2 is 1.95 bits per heavy atom. The van der Waals surface area contributed by atoms with Crippen LogP contribution in [0.2, 0.25) is 0 Å². The van der Waals surface area contributed by atoms with Crippen molar-refractivity contribution in [3.05, 3.63) is 59.7 Å². The summed E-state index contributed by atoms with van der Waals surface area (Å²) in [5.41, 5.74) is 8.70. The van der Waals surface area contributed by atoms with Gasteiger partial charge in [0.25, 0.3) is 0 Å². The van der Waals surface area contributed by atoms with Crippen molar-refractivity contribution in [2.45, 2.75) is 25.0 Å². The molecule has 2 aromatic carbocycles. The van der Waals surface area contributed by atoms with E-state index in [0.29, 0.717) is 0 Å². The molecule has 0 saturated heterocycles. The SMILES string of the molecule is COc1ccccc1CC(N)C1Cc2ccccc2O1. The van der Waals surface area contributed by atoms with Crippen molar-refractivity contribution in [3.63, 3.8) is 0 Å². The lowest BCUT2D eigenvalue weighted by Crippen LogP contribution is -2.39. The first-order valence-corrected chi connectivity index (χ1v) is 6.90. The average Bonchev–Trinajstić information content (AvgIpc) is 2.92. The monoisotopic (exact) mass is 269 g/mol. The number of nitrogens with two attached hydrogens (primary N) is 1. The molecule has 1 aliphatic rings. The Bertz CT molecular complexity index is 572. The number of fused-ring (bicyclic) bond motifs is 1. The van der Waals surface area contributed by atoms with Crippen molar-refractivity contribution in [1.29, 1.82) is 0 Å². The zero-order valence-corrected chi connectivity index (χ0v) is 11.6. The standard InChI is InChI=1S/C17H19NO2/c1-19-15-8-4-2-6-12(15)10-14(18)17-11-13-7-3-5-9-16(13)20-17/h2-9,14,17H,10-11,18H2,1H3. The molecule has 2 aromatic rings. The van der Waals surface area contributed by atoms with Gasteiger partial charge in [0, 0.05) is 12.5 Å². The van der Waals surface area contributed by atoms with Gasteiger partial charge < -0.3 is 15.2 Å². The van der Waals surface area contributed by atoms with Crippen LogP contribution in [0.25, 0.3) is 0 Å². The van der Waals surface area contributed by atoms with Gasteiger partial charge in [-0.1, -0.05) is 36.4 Å². The van der Waals surface area contributed by atoms with Crippen LogP contribution in [0.1, 0.15) is 11.1 Å². The Morgan fingerprint density at radius 1 is 1.20 bits per heavy atom. The number of hydrogen-bond donors (Lipinski definition) is 1. The van der Waals surface area contributed by atoms with Gasteiger partial charge in [0.1, 0.15) is 17.6 Å². The summed E-state index contributed by atoms with van der Waals surface area (Å²) in [6.45, 7) is 0. The fourth-order valence-electron chi connectivity index (χ4n) is 2.70. The van der Waals surface area contributed by atoms with Gasteiger partial charge in [-0.05, 0) is 29.7 Å². The van der Waals surface area contributed by atoms with Crippen LogP contribution >= 0.6 is 0 Å². The molecule has 3 rings (SSSR count). The van der Waals surface area contributed by atoms with Crippen molar-refractivity contribution in [2.24, 2.45) is 5.73 Å². The average molecular weight is 269 g/mol. The van der Waals surface area contributed by atoms with Gasteiger partial charge in [-0.15, -0.1) is 0 Å². The fraction of sp³-hybridized carbons (Fsp3) is 0.294. The molecule has 2 atom stereocenters. The number of benzene rings is 2. The van der Waals surface area contributed by atoms with Crippen LogP contribution in [-0.4, -0.2) is 19.3 Å². The van der Waals surface area contributed by atoms with Crippen LogP contribution in [0.3, 0.4) is 0 Å². The highest BCUT2D eigenvalue weighted by Crippen LogP contribution is 2.30. The number of rotatable bonds is 4. The van der Waals surface area contributed by atoms with Gasteiger partial charge in [0.2, 0.25) is 0 Å². The van der Waals surface area contributed by atoms with Gasteiger partial charge in [-0.2, -0.15) is 0 Å². The molecule has 1 heterocycles. The molecule has 0 amide bonds. The Morgan fingerprint density at radius 3 is 2.75 bits per heavy atom. The molecule has 0 radical (unpaired) electrons. The van der Waals surface area contributed by atoms with Gasteiger partial charge in [0.05, 0.1) is 7.11 Å². The van der Waals surface area contributed by atoms with E-state index >= 15 is 0 Å². The highest BCUT2D eigenvalue weighted by Gasteiger charge is 2.28. The first kappa shape index (κ1) is 13.0. The third-order valence-corrected chi connectivity index (χ3v) is 3.80. The van der Waals surface area contributed by atoms with Crippen LogP contribution in [0, 0.1) is 0 Å². The summed E-state index contributed by atoms with van der Waals surface area (Å²) >= 11 is 0. The quantitative estimate of drug-likeness (QED) is 0.927. The molecule has 0 aromatic heterocycles. The molecule has 3 nitrogen and oxygen atoms in total. The van der Waals surface area contributed by atoms with Crippen LogP contribution in [0.15, 0.2) is 48.5 Å². The van der Waals surface area contributed by atoms with Crippen LogP contribution in [-0.2, 0) is 12.8 Å². The van der Waals surface area contributed by atoms with Crippen LogP contribution in [0.4, 0.5) is 0 Å². The highest BCUT2D eigenvalue weighted by molar-refractivity contribution is 5.38. The van der Waals surface area contributed by atoms with Crippen molar-refractivity contribution >= 4 is 0 Å². The molecule has 2 N–H and O–H groups in total. The Balaban J connectivity index is 1.71. The van der Waals surface area contributed by atoms with Gasteiger partial charge in [-0.3, -0.25) is 0 Å². The van der Waals surface area contributed by atoms with Crippen molar-refractivity contribution < 1.29 is 9.47 Å². The molecule has 104 valence electrons. The molecule has 2 unspecified atom stereocenters. The fourth-order valence-corrected chi connectivity index (χ4v) is 2.70. The predicted molar refractivity (Wildman–Crippen MR) is 79.2 cm³/mol. The maximum absolute atomic E-state index is 6.33. The summed E-state index contributed by atoms with van der Waals surface area (Å²) in [4.78, 5) is 0. The molecular formula is C17H19NO2. The second-order valence-electron chi connectivity index (χ2n) is 5.15. The van der Waals surface area contributed by atoms with E-state index in [0.717, 1.165) is 29.9 Å². The molecule has 0 fully saturated rings. The minimum absolute atomic E-state index is 0.0392. The van der Waals surface area contributed by atoms with E-state index in [9.17, 15) is 0 Å². The topological polar surface area (TPSA) is 44.5 Å². The van der Waals surface area contributed by atoms with E-state index in [1.807, 2.05) is 36.4 Å². The lowest BCUT2D eigenvalue weighted by Gasteiger charge is -2.20. The summed E-state index contributed by atoms with van der Waals surface area (Å²) in [5, 5.41) is 0. The van der Waals surface area contributed by atoms with E-state index in [4.69, 9.17) is 15.2 Å². The third kappa shape index (κ3) is 2.49. The molecular weight excluding hydrogens is 250 g/mol. The summed E-state index contributed by atoms with van der Waals surface area (Å²) < 4.78 is 11.3. The number of hydrogen-bond acceptors (Lipinski definition) is 3. The van der Waals surface area contributed by atoms with Gasteiger partial charge in [0.15, 0.2) is 0 Å².